The summed E-state index contributed by atoms with van der Waals surface area (Å²) < 4.78 is 11.8. The van der Waals surface area contributed by atoms with Crippen molar-refractivity contribution in [3.05, 3.63) is 33.3 Å². The first-order valence-corrected chi connectivity index (χ1v) is 7.94. The molecule has 0 saturated heterocycles. The lowest BCUT2D eigenvalue weighted by molar-refractivity contribution is 0.661. The Balaban J connectivity index is 2.29. The fourth-order valence-corrected chi connectivity index (χ4v) is 2.66. The first kappa shape index (κ1) is 14.2. The standard InChI is InChI=1S/C11H15BrClNOS/c1-16(15)6-2-5-14-8-9-3-4-10(13)7-11(9)12/h3-4,7,14H,2,5-6,8H2,1H3. The van der Waals surface area contributed by atoms with Gasteiger partial charge in [0.05, 0.1) is 0 Å². The number of hydrogen-bond acceptors (Lipinski definition) is 2. The van der Waals surface area contributed by atoms with Crippen LogP contribution < -0.4 is 5.32 Å². The fraction of sp³-hybridized carbons (Fsp3) is 0.455. The number of hydrogen-bond donors (Lipinski definition) is 1. The lowest BCUT2D eigenvalue weighted by atomic mass is 10.2. The van der Waals surface area contributed by atoms with Crippen LogP contribution in [0, 0.1) is 0 Å². The van der Waals surface area contributed by atoms with Crippen LogP contribution in [0.5, 0.6) is 0 Å². The van der Waals surface area contributed by atoms with Gasteiger partial charge >= 0.3 is 0 Å². The lowest BCUT2D eigenvalue weighted by Crippen LogP contribution is -2.16. The summed E-state index contributed by atoms with van der Waals surface area (Å²) in [5, 5.41) is 4.04. The Morgan fingerprint density at radius 3 is 2.88 bits per heavy atom. The largest absolute Gasteiger partial charge is 0.313 e. The van der Waals surface area contributed by atoms with E-state index in [2.05, 4.69) is 21.2 Å². The van der Waals surface area contributed by atoms with Crippen LogP contribution in [0.25, 0.3) is 0 Å². The Bertz CT molecular complexity index is 373. The van der Waals surface area contributed by atoms with Crippen LogP contribution in [0.15, 0.2) is 22.7 Å². The molecule has 0 saturated carbocycles. The first-order valence-electron chi connectivity index (χ1n) is 5.04. The van der Waals surface area contributed by atoms with Crippen LogP contribution in [-0.4, -0.2) is 22.8 Å². The second-order valence-corrected chi connectivity index (χ2v) is 6.39. The molecule has 0 aliphatic heterocycles. The Morgan fingerprint density at radius 2 is 2.25 bits per heavy atom. The van der Waals surface area contributed by atoms with Gasteiger partial charge in [-0.05, 0) is 30.7 Å². The zero-order chi connectivity index (χ0) is 12.0. The average molecular weight is 325 g/mol. The van der Waals surface area contributed by atoms with Crippen molar-refractivity contribution in [2.45, 2.75) is 13.0 Å². The second kappa shape index (κ2) is 7.43. The Kier molecular flexibility index (Phi) is 6.58. The fourth-order valence-electron chi connectivity index (χ4n) is 1.29. The normalized spacial score (nSPS) is 12.7. The molecule has 0 aliphatic rings. The van der Waals surface area contributed by atoms with Crippen molar-refractivity contribution < 1.29 is 4.21 Å². The van der Waals surface area contributed by atoms with Gasteiger partial charge in [0, 0.05) is 38.8 Å². The van der Waals surface area contributed by atoms with Crippen LogP contribution in [0.1, 0.15) is 12.0 Å². The van der Waals surface area contributed by atoms with Gasteiger partial charge in [0.1, 0.15) is 0 Å². The van der Waals surface area contributed by atoms with Crippen molar-refractivity contribution in [2.75, 3.05) is 18.6 Å². The summed E-state index contributed by atoms with van der Waals surface area (Å²) in [7, 11) is -0.688. The van der Waals surface area contributed by atoms with E-state index in [9.17, 15) is 4.21 Å². The van der Waals surface area contributed by atoms with Gasteiger partial charge < -0.3 is 5.32 Å². The topological polar surface area (TPSA) is 29.1 Å². The molecule has 0 bridgehead atoms. The number of rotatable bonds is 6. The molecule has 1 aromatic carbocycles. The van der Waals surface area contributed by atoms with E-state index in [0.29, 0.717) is 0 Å². The molecule has 0 aromatic heterocycles. The van der Waals surface area contributed by atoms with E-state index < -0.39 is 10.8 Å². The zero-order valence-electron chi connectivity index (χ0n) is 9.13. The van der Waals surface area contributed by atoms with E-state index in [1.54, 1.807) is 6.26 Å². The molecule has 1 atom stereocenters. The molecule has 0 heterocycles. The quantitative estimate of drug-likeness (QED) is 0.815. The molecule has 1 aromatic rings. The predicted molar refractivity (Wildman–Crippen MR) is 74.4 cm³/mol. The average Bonchev–Trinajstić information content (AvgIpc) is 2.20. The molecule has 0 radical (unpaired) electrons. The third kappa shape index (κ3) is 5.43. The molecule has 0 fully saturated rings. The maximum Gasteiger partial charge on any atom is 0.0417 e. The highest BCUT2D eigenvalue weighted by atomic mass is 79.9. The van der Waals surface area contributed by atoms with E-state index in [1.165, 1.54) is 5.56 Å². The molecule has 0 amide bonds. The van der Waals surface area contributed by atoms with Gasteiger partial charge in [0.15, 0.2) is 0 Å². The summed E-state index contributed by atoms with van der Waals surface area (Å²) in [6.07, 6.45) is 2.67. The van der Waals surface area contributed by atoms with Crippen molar-refractivity contribution >= 4 is 38.3 Å². The Hall–Kier alpha value is 0.1000. The molecule has 0 aliphatic carbocycles. The van der Waals surface area contributed by atoms with E-state index in [0.717, 1.165) is 34.8 Å². The smallest absolute Gasteiger partial charge is 0.0417 e. The van der Waals surface area contributed by atoms with Crippen LogP contribution in [-0.2, 0) is 17.3 Å². The van der Waals surface area contributed by atoms with Gasteiger partial charge in [0.2, 0.25) is 0 Å². The first-order chi connectivity index (χ1) is 7.59. The molecule has 1 rings (SSSR count). The minimum atomic E-state index is -0.688. The van der Waals surface area contributed by atoms with E-state index >= 15 is 0 Å². The van der Waals surface area contributed by atoms with Crippen molar-refractivity contribution in [2.24, 2.45) is 0 Å². The molecule has 0 spiro atoms. The molecular formula is C11H15BrClNOS. The number of benzene rings is 1. The maximum absolute atomic E-state index is 10.8. The van der Waals surface area contributed by atoms with Crippen molar-refractivity contribution in [1.82, 2.24) is 5.32 Å². The van der Waals surface area contributed by atoms with Gasteiger partial charge in [-0.25, -0.2) is 0 Å². The minimum absolute atomic E-state index is 0.688. The Morgan fingerprint density at radius 1 is 1.50 bits per heavy atom. The van der Waals surface area contributed by atoms with Crippen LogP contribution in [0.2, 0.25) is 5.02 Å². The monoisotopic (exact) mass is 323 g/mol. The SMILES string of the molecule is CS(=O)CCCNCc1ccc(Cl)cc1Br. The Labute approximate surface area is 112 Å². The van der Waals surface area contributed by atoms with Crippen molar-refractivity contribution in [3.63, 3.8) is 0 Å². The molecular weight excluding hydrogens is 310 g/mol. The molecule has 2 nitrogen and oxygen atoms in total. The summed E-state index contributed by atoms with van der Waals surface area (Å²) in [5.74, 6) is 0.759. The van der Waals surface area contributed by atoms with Gasteiger partial charge in [-0.15, -0.1) is 0 Å². The van der Waals surface area contributed by atoms with Crippen molar-refractivity contribution in [1.29, 1.82) is 0 Å². The third-order valence-electron chi connectivity index (χ3n) is 2.12. The maximum atomic E-state index is 10.8. The summed E-state index contributed by atoms with van der Waals surface area (Å²) in [6.45, 7) is 1.68. The van der Waals surface area contributed by atoms with Gasteiger partial charge in [0.25, 0.3) is 0 Å². The third-order valence-corrected chi connectivity index (χ3v) is 3.95. The highest BCUT2D eigenvalue weighted by Crippen LogP contribution is 2.21. The van der Waals surface area contributed by atoms with E-state index in [4.69, 9.17) is 11.6 Å². The van der Waals surface area contributed by atoms with Crippen LogP contribution >= 0.6 is 27.5 Å². The minimum Gasteiger partial charge on any atom is -0.313 e. The summed E-state index contributed by atoms with van der Waals surface area (Å²) in [5.41, 5.74) is 1.18. The summed E-state index contributed by atoms with van der Waals surface area (Å²) in [6, 6.07) is 5.77. The highest BCUT2D eigenvalue weighted by molar-refractivity contribution is 9.10. The second-order valence-electron chi connectivity index (χ2n) is 3.54. The number of nitrogens with one attached hydrogen (secondary N) is 1. The van der Waals surface area contributed by atoms with Crippen LogP contribution in [0.4, 0.5) is 0 Å². The molecule has 16 heavy (non-hydrogen) atoms. The number of halogens is 2. The van der Waals surface area contributed by atoms with Gasteiger partial charge in [-0.1, -0.05) is 33.6 Å². The van der Waals surface area contributed by atoms with E-state index in [1.807, 2.05) is 18.2 Å². The molecule has 5 heteroatoms. The zero-order valence-corrected chi connectivity index (χ0v) is 12.3. The van der Waals surface area contributed by atoms with E-state index in [-0.39, 0.29) is 0 Å². The predicted octanol–water partition coefficient (Wildman–Crippen LogP) is 2.96. The molecule has 90 valence electrons. The molecule has 1 N–H and O–H groups in total. The van der Waals surface area contributed by atoms with Gasteiger partial charge in [-0.3, -0.25) is 4.21 Å². The highest BCUT2D eigenvalue weighted by Gasteiger charge is 2.00. The summed E-state index contributed by atoms with van der Waals surface area (Å²) in [4.78, 5) is 0. The summed E-state index contributed by atoms with van der Waals surface area (Å²) >= 11 is 9.32. The molecule has 1 unspecified atom stereocenters. The van der Waals surface area contributed by atoms with Crippen LogP contribution in [0.3, 0.4) is 0 Å². The lowest BCUT2D eigenvalue weighted by Gasteiger charge is -2.06. The van der Waals surface area contributed by atoms with Gasteiger partial charge in [-0.2, -0.15) is 0 Å². The van der Waals surface area contributed by atoms with Crippen molar-refractivity contribution in [3.8, 4) is 0 Å².